The molecule has 0 aromatic heterocycles. The second-order valence-corrected chi connectivity index (χ2v) is 5.80. The summed E-state index contributed by atoms with van der Waals surface area (Å²) in [5.74, 6) is 1.73. The van der Waals surface area contributed by atoms with E-state index in [-0.39, 0.29) is 1.43 Å². The molecule has 0 spiro atoms. The van der Waals surface area contributed by atoms with Gasteiger partial charge in [0.05, 0.1) is 0 Å². The van der Waals surface area contributed by atoms with Crippen LogP contribution in [0.25, 0.3) is 11.1 Å². The van der Waals surface area contributed by atoms with Crippen molar-refractivity contribution in [3.05, 3.63) is 78.4 Å². The monoisotopic (exact) mass is 303 g/mol. The van der Waals surface area contributed by atoms with E-state index >= 15 is 0 Å². The van der Waals surface area contributed by atoms with Crippen LogP contribution in [0.5, 0.6) is 11.5 Å². The SMILES string of the molecule is [HH].c1ccc(Oc2cccc(-c3cccc4c3CCCN4)c2)cc1. The molecule has 1 N–H and O–H groups in total. The average molecular weight is 303 g/mol. The number of rotatable bonds is 3. The largest absolute Gasteiger partial charge is 0.457 e. The van der Waals surface area contributed by atoms with Gasteiger partial charge in [0.25, 0.3) is 0 Å². The van der Waals surface area contributed by atoms with Crippen LogP contribution >= 0.6 is 0 Å². The third-order valence-electron chi connectivity index (χ3n) is 4.22. The van der Waals surface area contributed by atoms with Gasteiger partial charge in [-0.3, -0.25) is 0 Å². The fraction of sp³-hybridized carbons (Fsp3) is 0.143. The molecule has 4 rings (SSSR count). The Kier molecular flexibility index (Phi) is 3.73. The van der Waals surface area contributed by atoms with Gasteiger partial charge in [-0.1, -0.05) is 42.5 Å². The van der Waals surface area contributed by atoms with Gasteiger partial charge < -0.3 is 10.1 Å². The number of fused-ring (bicyclic) bond motifs is 1. The molecule has 1 heterocycles. The van der Waals surface area contributed by atoms with Crippen LogP contribution < -0.4 is 10.1 Å². The van der Waals surface area contributed by atoms with Crippen LogP contribution in [0.4, 0.5) is 5.69 Å². The van der Waals surface area contributed by atoms with Gasteiger partial charge >= 0.3 is 0 Å². The molecule has 0 saturated carbocycles. The molecule has 3 aromatic carbocycles. The minimum absolute atomic E-state index is 0. The number of ether oxygens (including phenoxy) is 1. The molecule has 0 atom stereocenters. The maximum absolute atomic E-state index is 5.97. The zero-order chi connectivity index (χ0) is 15.5. The number of nitrogens with one attached hydrogen (secondary N) is 1. The van der Waals surface area contributed by atoms with Crippen molar-refractivity contribution >= 4 is 5.69 Å². The van der Waals surface area contributed by atoms with Crippen molar-refractivity contribution in [1.29, 1.82) is 0 Å². The molecule has 0 amide bonds. The summed E-state index contributed by atoms with van der Waals surface area (Å²) >= 11 is 0. The van der Waals surface area contributed by atoms with E-state index in [4.69, 9.17) is 4.74 Å². The highest BCUT2D eigenvalue weighted by Crippen LogP contribution is 2.34. The zero-order valence-corrected chi connectivity index (χ0v) is 13.0. The van der Waals surface area contributed by atoms with Crippen LogP contribution in [-0.2, 0) is 6.42 Å². The molecule has 3 aromatic rings. The van der Waals surface area contributed by atoms with E-state index in [1.54, 1.807) is 0 Å². The summed E-state index contributed by atoms with van der Waals surface area (Å²) in [5, 5.41) is 3.50. The van der Waals surface area contributed by atoms with Crippen molar-refractivity contribution in [3.8, 4) is 22.6 Å². The third-order valence-corrected chi connectivity index (χ3v) is 4.22. The summed E-state index contributed by atoms with van der Waals surface area (Å²) in [4.78, 5) is 0. The first-order valence-electron chi connectivity index (χ1n) is 8.09. The molecule has 116 valence electrons. The van der Waals surface area contributed by atoms with E-state index < -0.39 is 0 Å². The lowest BCUT2D eigenvalue weighted by atomic mass is 9.93. The number of hydrogen-bond donors (Lipinski definition) is 1. The Bertz CT molecular complexity index is 817. The quantitative estimate of drug-likeness (QED) is 0.665. The number of para-hydroxylation sites is 1. The lowest BCUT2D eigenvalue weighted by molar-refractivity contribution is 0.483. The van der Waals surface area contributed by atoms with Crippen molar-refractivity contribution in [1.82, 2.24) is 0 Å². The first-order chi connectivity index (χ1) is 11.4. The Hall–Kier alpha value is -2.74. The van der Waals surface area contributed by atoms with Crippen LogP contribution in [0.2, 0.25) is 0 Å². The highest BCUT2D eigenvalue weighted by atomic mass is 16.5. The first kappa shape index (κ1) is 13.9. The first-order valence-corrected chi connectivity index (χ1v) is 8.09. The number of hydrogen-bond acceptors (Lipinski definition) is 2. The van der Waals surface area contributed by atoms with Gasteiger partial charge in [0.1, 0.15) is 11.5 Å². The summed E-state index contributed by atoms with van der Waals surface area (Å²) in [7, 11) is 0. The minimum Gasteiger partial charge on any atom is -0.457 e. The molecule has 1 aliphatic heterocycles. The number of anilines is 1. The Labute approximate surface area is 138 Å². The third kappa shape index (κ3) is 2.93. The normalized spacial score (nSPS) is 13.0. The molecule has 23 heavy (non-hydrogen) atoms. The van der Waals surface area contributed by atoms with Crippen LogP contribution in [-0.4, -0.2) is 6.54 Å². The van der Waals surface area contributed by atoms with E-state index in [2.05, 4.69) is 41.7 Å². The van der Waals surface area contributed by atoms with Crippen molar-refractivity contribution in [2.75, 3.05) is 11.9 Å². The fourth-order valence-electron chi connectivity index (χ4n) is 3.13. The predicted octanol–water partition coefficient (Wildman–Crippen LogP) is 5.75. The molecule has 0 radical (unpaired) electrons. The van der Waals surface area contributed by atoms with Crippen molar-refractivity contribution < 1.29 is 6.16 Å². The summed E-state index contributed by atoms with van der Waals surface area (Å²) in [6.45, 7) is 1.06. The number of benzene rings is 3. The van der Waals surface area contributed by atoms with Gasteiger partial charge in [0.2, 0.25) is 0 Å². The Morgan fingerprint density at radius 3 is 2.57 bits per heavy atom. The minimum atomic E-state index is 0. The highest BCUT2D eigenvalue weighted by molar-refractivity contribution is 5.75. The fourth-order valence-corrected chi connectivity index (χ4v) is 3.13. The zero-order valence-electron chi connectivity index (χ0n) is 13.0. The van der Waals surface area contributed by atoms with Gasteiger partial charge in [-0.15, -0.1) is 0 Å². The van der Waals surface area contributed by atoms with Gasteiger partial charge in [-0.25, -0.2) is 0 Å². The van der Waals surface area contributed by atoms with E-state index in [1.165, 1.54) is 28.8 Å². The Morgan fingerprint density at radius 1 is 0.826 bits per heavy atom. The van der Waals surface area contributed by atoms with Crippen molar-refractivity contribution in [2.24, 2.45) is 0 Å². The molecular formula is C21H21NO. The molecule has 0 unspecified atom stereocenters. The molecule has 2 nitrogen and oxygen atoms in total. The van der Waals surface area contributed by atoms with E-state index in [0.29, 0.717) is 0 Å². The smallest absolute Gasteiger partial charge is 0.128 e. The summed E-state index contributed by atoms with van der Waals surface area (Å²) in [6, 6.07) is 24.7. The maximum Gasteiger partial charge on any atom is 0.128 e. The molecule has 2 heteroatoms. The molecule has 0 aliphatic carbocycles. The topological polar surface area (TPSA) is 21.3 Å². The van der Waals surface area contributed by atoms with Crippen LogP contribution in [0, 0.1) is 0 Å². The van der Waals surface area contributed by atoms with E-state index in [9.17, 15) is 0 Å². The van der Waals surface area contributed by atoms with Gasteiger partial charge in [0.15, 0.2) is 0 Å². The molecule has 0 fully saturated rings. The van der Waals surface area contributed by atoms with Crippen LogP contribution in [0.1, 0.15) is 13.4 Å². The van der Waals surface area contributed by atoms with Gasteiger partial charge in [0, 0.05) is 13.7 Å². The summed E-state index contributed by atoms with van der Waals surface area (Å²) in [5.41, 5.74) is 5.19. The van der Waals surface area contributed by atoms with Crippen molar-refractivity contribution in [2.45, 2.75) is 12.8 Å². The second kappa shape index (κ2) is 6.17. The van der Waals surface area contributed by atoms with Gasteiger partial charge in [-0.2, -0.15) is 0 Å². The highest BCUT2D eigenvalue weighted by Gasteiger charge is 2.13. The van der Waals surface area contributed by atoms with Crippen LogP contribution in [0.15, 0.2) is 72.8 Å². The second-order valence-electron chi connectivity index (χ2n) is 5.80. The predicted molar refractivity (Wildman–Crippen MR) is 97.3 cm³/mol. The van der Waals surface area contributed by atoms with Gasteiger partial charge in [-0.05, 0) is 59.9 Å². The van der Waals surface area contributed by atoms with E-state index in [1.807, 2.05) is 36.4 Å². The van der Waals surface area contributed by atoms with Crippen molar-refractivity contribution in [3.63, 3.8) is 0 Å². The summed E-state index contributed by atoms with van der Waals surface area (Å²) in [6.07, 6.45) is 2.31. The molecule has 1 aliphatic rings. The summed E-state index contributed by atoms with van der Waals surface area (Å²) < 4.78 is 5.97. The van der Waals surface area contributed by atoms with E-state index in [0.717, 1.165) is 24.5 Å². The standard InChI is InChI=1S/C21H19NO.H2/c1-2-8-17(9-3-1)23-18-10-4-7-16(15-18)19-11-5-13-21-20(19)12-6-14-22-21;/h1-5,7-11,13,15,22H,6,12,14H2;1H. The Balaban J connectivity index is 0.00000169. The lowest BCUT2D eigenvalue weighted by Gasteiger charge is -2.21. The molecule has 0 bridgehead atoms. The lowest BCUT2D eigenvalue weighted by Crippen LogP contribution is -2.12. The van der Waals surface area contributed by atoms with Crippen LogP contribution in [0.3, 0.4) is 0 Å². The molecular weight excluding hydrogens is 282 g/mol. The maximum atomic E-state index is 5.97. The molecule has 0 saturated heterocycles. The average Bonchev–Trinajstić information content (AvgIpc) is 2.62. The Morgan fingerprint density at radius 2 is 1.65 bits per heavy atom.